The van der Waals surface area contributed by atoms with E-state index in [4.69, 9.17) is 0 Å². The molecule has 0 nitrogen and oxygen atoms in total. The first kappa shape index (κ1) is 26.5. The fourth-order valence-corrected chi connectivity index (χ4v) is 5.55. The van der Waals surface area contributed by atoms with Crippen LogP contribution in [0.15, 0.2) is 121 Å². The molecular weight excluding hydrogens is 492 g/mol. The zero-order chi connectivity index (χ0) is 28.4. The fraction of sp³-hybridized carbons (Fsp3) is 0.122. The maximum atomic E-state index is 2.30. The molecule has 0 radical (unpaired) electrons. The van der Waals surface area contributed by atoms with Crippen molar-refractivity contribution in [3.63, 3.8) is 0 Å². The summed E-state index contributed by atoms with van der Waals surface area (Å²) < 4.78 is 0. The molecule has 0 unspecified atom stereocenters. The maximum absolute atomic E-state index is 2.30. The first-order valence-corrected chi connectivity index (χ1v) is 14.4. The van der Waals surface area contributed by atoms with Gasteiger partial charge in [-0.25, -0.2) is 0 Å². The first-order chi connectivity index (χ1) is 19.8. The van der Waals surface area contributed by atoms with Crippen molar-refractivity contribution >= 4 is 45.8 Å². The van der Waals surface area contributed by atoms with Crippen LogP contribution in [0.3, 0.4) is 0 Å². The minimum Gasteiger partial charge on any atom is -0.0587 e. The Bertz CT molecular complexity index is 1750. The van der Waals surface area contributed by atoms with Crippen LogP contribution in [0.5, 0.6) is 0 Å². The summed E-state index contributed by atoms with van der Waals surface area (Å²) in [5.41, 5.74) is 9.97. The number of hydrogen-bond acceptors (Lipinski definition) is 0. The molecule has 0 N–H and O–H groups in total. The zero-order valence-electron chi connectivity index (χ0n) is 24.4. The molecule has 6 aromatic carbocycles. The Morgan fingerprint density at radius 3 is 1.10 bits per heavy atom. The first-order valence-electron chi connectivity index (χ1n) is 14.4. The smallest absolute Gasteiger partial charge is 0.0146 e. The molecule has 0 aliphatic rings. The van der Waals surface area contributed by atoms with Crippen LogP contribution in [0, 0.1) is 13.8 Å². The standard InChI is InChI=1S/C41H36/c1-29-5-17-37-27-33(11-19-35(37)25-29)9-7-31-13-21-39(22-14-31)41(3,4)40-23-15-32(16-24-40)8-10-34-12-20-36-26-30(2)6-18-38(36)28-34/h5-28H,1-4H3/b9-7+,10-8+. The topological polar surface area (TPSA) is 0 Å². The highest BCUT2D eigenvalue weighted by atomic mass is 14.3. The second-order valence-electron chi connectivity index (χ2n) is 11.8. The number of rotatable bonds is 6. The van der Waals surface area contributed by atoms with E-state index in [1.54, 1.807) is 0 Å². The Morgan fingerprint density at radius 1 is 0.366 bits per heavy atom. The summed E-state index contributed by atoms with van der Waals surface area (Å²) in [4.78, 5) is 0. The van der Waals surface area contributed by atoms with Crippen LogP contribution < -0.4 is 0 Å². The average molecular weight is 529 g/mol. The molecule has 0 bridgehead atoms. The third-order valence-electron chi connectivity index (χ3n) is 8.24. The van der Waals surface area contributed by atoms with E-state index in [1.165, 1.54) is 66.1 Å². The lowest BCUT2D eigenvalue weighted by Crippen LogP contribution is -2.18. The minimum absolute atomic E-state index is 0.0859. The summed E-state index contributed by atoms with van der Waals surface area (Å²) in [6.07, 6.45) is 8.79. The average Bonchev–Trinajstić information content (AvgIpc) is 2.99. The van der Waals surface area contributed by atoms with Crippen LogP contribution in [0.4, 0.5) is 0 Å². The Morgan fingerprint density at radius 2 is 0.683 bits per heavy atom. The zero-order valence-corrected chi connectivity index (χ0v) is 24.4. The molecule has 0 fully saturated rings. The number of benzene rings is 6. The SMILES string of the molecule is Cc1ccc2cc(/C=C/c3ccc(C(C)(C)c4ccc(/C=C/c5ccc6cc(C)ccc6c5)cc4)cc3)ccc2c1. The van der Waals surface area contributed by atoms with Crippen molar-refractivity contribution in [2.24, 2.45) is 0 Å². The minimum atomic E-state index is -0.0859. The van der Waals surface area contributed by atoms with Gasteiger partial charge in [0.25, 0.3) is 0 Å². The largest absolute Gasteiger partial charge is 0.0587 e. The van der Waals surface area contributed by atoms with Crippen molar-refractivity contribution < 1.29 is 0 Å². The summed E-state index contributed by atoms with van der Waals surface area (Å²) in [6.45, 7) is 8.88. The second kappa shape index (κ2) is 11.1. The fourth-order valence-electron chi connectivity index (χ4n) is 5.55. The highest BCUT2D eigenvalue weighted by Crippen LogP contribution is 2.32. The molecule has 0 amide bonds. The highest BCUT2D eigenvalue weighted by molar-refractivity contribution is 5.87. The predicted molar refractivity (Wildman–Crippen MR) is 180 cm³/mol. The van der Waals surface area contributed by atoms with Gasteiger partial charge in [-0.15, -0.1) is 0 Å². The van der Waals surface area contributed by atoms with Gasteiger partial charge >= 0.3 is 0 Å². The van der Waals surface area contributed by atoms with Gasteiger partial charge < -0.3 is 0 Å². The van der Waals surface area contributed by atoms with Gasteiger partial charge in [0, 0.05) is 5.41 Å². The van der Waals surface area contributed by atoms with Gasteiger partial charge in [-0.05, 0) is 80.9 Å². The predicted octanol–water partition coefficient (Wildman–Crippen LogP) is 11.3. The number of fused-ring (bicyclic) bond motifs is 2. The lowest BCUT2D eigenvalue weighted by Gasteiger charge is -2.26. The summed E-state index contributed by atoms with van der Waals surface area (Å²) in [5.74, 6) is 0. The molecule has 6 rings (SSSR count). The van der Waals surface area contributed by atoms with Gasteiger partial charge in [0.05, 0.1) is 0 Å². The number of hydrogen-bond donors (Lipinski definition) is 0. The van der Waals surface area contributed by atoms with Crippen molar-refractivity contribution in [3.05, 3.63) is 166 Å². The van der Waals surface area contributed by atoms with Crippen LogP contribution >= 0.6 is 0 Å². The molecule has 0 atom stereocenters. The molecule has 0 heteroatoms. The van der Waals surface area contributed by atoms with Crippen LogP contribution in [0.25, 0.3) is 45.8 Å². The molecule has 0 saturated heterocycles. The molecule has 6 aromatic rings. The van der Waals surface area contributed by atoms with Gasteiger partial charge in [0.1, 0.15) is 0 Å². The van der Waals surface area contributed by atoms with Crippen LogP contribution in [0.2, 0.25) is 0 Å². The molecule has 200 valence electrons. The normalized spacial score (nSPS) is 12.2. The Balaban J connectivity index is 1.14. The van der Waals surface area contributed by atoms with E-state index in [2.05, 4.69) is 173 Å². The highest BCUT2D eigenvalue weighted by Gasteiger charge is 2.22. The molecular formula is C41H36. The summed E-state index contributed by atoms with van der Waals surface area (Å²) in [5, 5.41) is 5.13. The Labute approximate surface area is 244 Å². The van der Waals surface area contributed by atoms with E-state index < -0.39 is 0 Å². The molecule has 0 aliphatic carbocycles. The van der Waals surface area contributed by atoms with E-state index in [0.717, 1.165) is 0 Å². The number of aryl methyl sites for hydroxylation is 2. The summed E-state index contributed by atoms with van der Waals surface area (Å²) in [6, 6.07) is 44.5. The summed E-state index contributed by atoms with van der Waals surface area (Å²) in [7, 11) is 0. The summed E-state index contributed by atoms with van der Waals surface area (Å²) >= 11 is 0. The third kappa shape index (κ3) is 5.93. The second-order valence-corrected chi connectivity index (χ2v) is 11.8. The van der Waals surface area contributed by atoms with Crippen molar-refractivity contribution in [2.45, 2.75) is 33.1 Å². The van der Waals surface area contributed by atoms with Crippen molar-refractivity contribution in [2.75, 3.05) is 0 Å². The monoisotopic (exact) mass is 528 g/mol. The van der Waals surface area contributed by atoms with Crippen molar-refractivity contribution in [1.29, 1.82) is 0 Å². The lowest BCUT2D eigenvalue weighted by molar-refractivity contribution is 0.641. The van der Waals surface area contributed by atoms with Gasteiger partial charge in [-0.3, -0.25) is 0 Å². The Kier molecular flexibility index (Phi) is 7.16. The van der Waals surface area contributed by atoms with E-state index in [-0.39, 0.29) is 5.41 Å². The molecule has 0 aliphatic heterocycles. The molecule has 41 heavy (non-hydrogen) atoms. The third-order valence-corrected chi connectivity index (χ3v) is 8.24. The lowest BCUT2D eigenvalue weighted by atomic mass is 9.78. The van der Waals surface area contributed by atoms with E-state index in [1.807, 2.05) is 0 Å². The van der Waals surface area contributed by atoms with Crippen molar-refractivity contribution in [1.82, 2.24) is 0 Å². The maximum Gasteiger partial charge on any atom is 0.0146 e. The van der Waals surface area contributed by atoms with Gasteiger partial charge in [0.2, 0.25) is 0 Å². The van der Waals surface area contributed by atoms with E-state index in [9.17, 15) is 0 Å². The van der Waals surface area contributed by atoms with E-state index >= 15 is 0 Å². The van der Waals surface area contributed by atoms with Gasteiger partial charge in [-0.1, -0.05) is 158 Å². The molecule has 0 aromatic heterocycles. The van der Waals surface area contributed by atoms with Crippen LogP contribution in [-0.4, -0.2) is 0 Å². The molecule has 0 saturated carbocycles. The Hall–Kier alpha value is -4.68. The van der Waals surface area contributed by atoms with Crippen molar-refractivity contribution in [3.8, 4) is 0 Å². The molecule has 0 heterocycles. The van der Waals surface area contributed by atoms with Gasteiger partial charge in [0.15, 0.2) is 0 Å². The molecule has 0 spiro atoms. The quantitative estimate of drug-likeness (QED) is 0.189. The van der Waals surface area contributed by atoms with Crippen LogP contribution in [0.1, 0.15) is 58.4 Å². The van der Waals surface area contributed by atoms with Crippen LogP contribution in [-0.2, 0) is 5.41 Å². The van der Waals surface area contributed by atoms with E-state index in [0.29, 0.717) is 0 Å². The van der Waals surface area contributed by atoms with Gasteiger partial charge in [-0.2, -0.15) is 0 Å².